The van der Waals surface area contributed by atoms with Crippen LogP contribution in [0.2, 0.25) is 0 Å². The van der Waals surface area contributed by atoms with Gasteiger partial charge in [0.25, 0.3) is 5.69 Å². The fourth-order valence-electron chi connectivity index (χ4n) is 1.83. The molecule has 110 valence electrons. The van der Waals surface area contributed by atoms with Gasteiger partial charge in [0.1, 0.15) is 12.4 Å². The second-order valence-corrected chi connectivity index (χ2v) is 5.90. The zero-order valence-corrected chi connectivity index (χ0v) is 14.3. The Balaban J connectivity index is 2.26. The number of nitro groups is 1. The summed E-state index contributed by atoms with van der Waals surface area (Å²) in [5.41, 5.74) is 1.55. The van der Waals surface area contributed by atoms with E-state index in [9.17, 15) is 10.1 Å². The van der Waals surface area contributed by atoms with Crippen molar-refractivity contribution in [2.75, 3.05) is 12.4 Å². The molecule has 2 aromatic carbocycles. The van der Waals surface area contributed by atoms with E-state index in [-0.39, 0.29) is 12.3 Å². The number of hydrogen-bond acceptors (Lipinski definition) is 4. The van der Waals surface area contributed by atoms with Crippen molar-refractivity contribution in [3.8, 4) is 5.75 Å². The molecule has 0 atom stereocenters. The number of halogens is 2. The molecule has 2 rings (SSSR count). The van der Waals surface area contributed by atoms with E-state index < -0.39 is 4.92 Å². The number of hydrogen-bond donors (Lipinski definition) is 1. The summed E-state index contributed by atoms with van der Waals surface area (Å²) in [5, 5.41) is 13.9. The maximum Gasteiger partial charge on any atom is 0.269 e. The summed E-state index contributed by atoms with van der Waals surface area (Å²) in [6, 6.07) is 10.3. The van der Waals surface area contributed by atoms with Crippen LogP contribution < -0.4 is 10.1 Å². The van der Waals surface area contributed by atoms with E-state index in [1.807, 2.05) is 18.2 Å². The highest BCUT2D eigenvalue weighted by molar-refractivity contribution is 9.11. The molecule has 21 heavy (non-hydrogen) atoms. The topological polar surface area (TPSA) is 64.4 Å². The highest BCUT2D eigenvalue weighted by atomic mass is 79.9. The summed E-state index contributed by atoms with van der Waals surface area (Å²) < 4.78 is 7.40. The minimum atomic E-state index is -0.419. The van der Waals surface area contributed by atoms with Crippen molar-refractivity contribution in [2.24, 2.45) is 0 Å². The lowest BCUT2D eigenvalue weighted by atomic mass is 10.1. The third kappa shape index (κ3) is 3.74. The van der Waals surface area contributed by atoms with Crippen molar-refractivity contribution in [3.63, 3.8) is 0 Å². The lowest BCUT2D eigenvalue weighted by Gasteiger charge is -2.13. The van der Waals surface area contributed by atoms with Gasteiger partial charge in [0, 0.05) is 30.4 Å². The Kier molecular flexibility index (Phi) is 5.19. The second-order valence-electron chi connectivity index (χ2n) is 4.19. The molecule has 0 unspecified atom stereocenters. The van der Waals surface area contributed by atoms with Crippen molar-refractivity contribution in [2.45, 2.75) is 6.61 Å². The van der Waals surface area contributed by atoms with Crippen molar-refractivity contribution < 1.29 is 9.66 Å². The van der Waals surface area contributed by atoms with Gasteiger partial charge in [0.2, 0.25) is 0 Å². The number of benzene rings is 2. The fourth-order valence-corrected chi connectivity index (χ4v) is 3.05. The smallest absolute Gasteiger partial charge is 0.269 e. The first-order chi connectivity index (χ1) is 10.0. The third-order valence-electron chi connectivity index (χ3n) is 2.86. The Labute approximate surface area is 138 Å². The first-order valence-corrected chi connectivity index (χ1v) is 7.63. The summed E-state index contributed by atoms with van der Waals surface area (Å²) in [6.45, 7) is 0.221. The summed E-state index contributed by atoms with van der Waals surface area (Å²) in [4.78, 5) is 10.4. The van der Waals surface area contributed by atoms with Crippen molar-refractivity contribution >= 4 is 43.2 Å². The van der Waals surface area contributed by atoms with E-state index in [0.29, 0.717) is 11.3 Å². The maximum atomic E-state index is 10.9. The molecule has 0 aliphatic rings. The lowest BCUT2D eigenvalue weighted by Crippen LogP contribution is -2.02. The molecule has 0 fully saturated rings. The van der Waals surface area contributed by atoms with Crippen LogP contribution in [0.15, 0.2) is 45.3 Å². The quantitative estimate of drug-likeness (QED) is 0.565. The van der Waals surface area contributed by atoms with Crippen LogP contribution in [0.25, 0.3) is 0 Å². The molecule has 0 bridgehead atoms. The van der Waals surface area contributed by atoms with Gasteiger partial charge in [-0.25, -0.2) is 0 Å². The average Bonchev–Trinajstić information content (AvgIpc) is 2.46. The number of nitrogens with zero attached hydrogens (tertiary/aromatic N) is 1. The third-order valence-corrected chi connectivity index (χ3v) is 4.11. The van der Waals surface area contributed by atoms with Crippen LogP contribution in [0.4, 0.5) is 11.4 Å². The molecule has 0 spiro atoms. The van der Waals surface area contributed by atoms with Crippen LogP contribution >= 0.6 is 31.9 Å². The van der Waals surface area contributed by atoms with Crippen LogP contribution in [0.3, 0.4) is 0 Å². The zero-order chi connectivity index (χ0) is 15.4. The van der Waals surface area contributed by atoms with Gasteiger partial charge in [-0.15, -0.1) is 0 Å². The van der Waals surface area contributed by atoms with Gasteiger partial charge >= 0.3 is 0 Å². The minimum Gasteiger partial charge on any atom is -0.486 e. The molecule has 5 nitrogen and oxygen atoms in total. The van der Waals surface area contributed by atoms with Crippen LogP contribution in [-0.4, -0.2) is 12.0 Å². The van der Waals surface area contributed by atoms with Gasteiger partial charge in [-0.2, -0.15) is 0 Å². The summed E-state index contributed by atoms with van der Waals surface area (Å²) in [7, 11) is 1.76. The van der Waals surface area contributed by atoms with E-state index in [1.54, 1.807) is 13.1 Å². The van der Waals surface area contributed by atoms with Crippen LogP contribution in [0.1, 0.15) is 5.56 Å². The molecule has 0 aromatic heterocycles. The van der Waals surface area contributed by atoms with Gasteiger partial charge in [0.15, 0.2) is 0 Å². The predicted octanol–water partition coefficient (Wildman–Crippen LogP) is 4.74. The number of rotatable bonds is 5. The number of nitro benzene ring substituents is 1. The zero-order valence-electron chi connectivity index (χ0n) is 11.1. The van der Waals surface area contributed by atoms with E-state index in [1.165, 1.54) is 12.1 Å². The van der Waals surface area contributed by atoms with Crippen LogP contribution in [0, 0.1) is 10.1 Å². The van der Waals surface area contributed by atoms with Gasteiger partial charge in [-0.1, -0.05) is 6.07 Å². The molecule has 0 saturated heterocycles. The molecule has 0 aliphatic carbocycles. The van der Waals surface area contributed by atoms with E-state index in [2.05, 4.69) is 37.2 Å². The molecule has 1 N–H and O–H groups in total. The number of non-ortho nitro benzene ring substituents is 1. The first-order valence-electron chi connectivity index (χ1n) is 6.05. The van der Waals surface area contributed by atoms with Gasteiger partial charge in [0.05, 0.1) is 13.9 Å². The fraction of sp³-hybridized carbons (Fsp3) is 0.143. The summed E-state index contributed by atoms with van der Waals surface area (Å²) in [6.07, 6.45) is 0. The van der Waals surface area contributed by atoms with E-state index in [4.69, 9.17) is 4.74 Å². The largest absolute Gasteiger partial charge is 0.486 e. The van der Waals surface area contributed by atoms with E-state index >= 15 is 0 Å². The minimum absolute atomic E-state index is 0.0405. The Bertz CT molecular complexity index is 657. The van der Waals surface area contributed by atoms with E-state index in [0.717, 1.165) is 14.6 Å². The maximum absolute atomic E-state index is 10.9. The molecular weight excluding hydrogens is 404 g/mol. The van der Waals surface area contributed by atoms with Gasteiger partial charge in [-0.3, -0.25) is 10.1 Å². The Morgan fingerprint density at radius 2 is 1.90 bits per heavy atom. The first kappa shape index (κ1) is 15.8. The Morgan fingerprint density at radius 3 is 2.48 bits per heavy atom. The van der Waals surface area contributed by atoms with Crippen LogP contribution in [-0.2, 0) is 6.61 Å². The van der Waals surface area contributed by atoms with Crippen molar-refractivity contribution in [3.05, 3.63) is 61.0 Å². The Morgan fingerprint density at radius 1 is 1.24 bits per heavy atom. The molecule has 0 heterocycles. The Hall–Kier alpha value is -1.60. The number of para-hydroxylation sites is 1. The normalized spacial score (nSPS) is 10.2. The van der Waals surface area contributed by atoms with Crippen molar-refractivity contribution in [1.82, 2.24) is 0 Å². The number of anilines is 1. The van der Waals surface area contributed by atoms with Gasteiger partial charge in [-0.05, 0) is 50.1 Å². The summed E-state index contributed by atoms with van der Waals surface area (Å²) in [5.74, 6) is 0.658. The van der Waals surface area contributed by atoms with Crippen LogP contribution in [0.5, 0.6) is 5.75 Å². The van der Waals surface area contributed by atoms with Crippen molar-refractivity contribution in [1.29, 1.82) is 0 Å². The molecule has 2 aromatic rings. The standard InChI is InChI=1S/C14H12Br2N2O3/c1-17-13-6-5-10(18(19)20)7-9(13)8-21-14-11(15)3-2-4-12(14)16/h2-7,17H,8H2,1H3. The molecule has 7 heteroatoms. The monoisotopic (exact) mass is 414 g/mol. The lowest BCUT2D eigenvalue weighted by molar-refractivity contribution is -0.384. The highest BCUT2D eigenvalue weighted by Crippen LogP contribution is 2.34. The highest BCUT2D eigenvalue weighted by Gasteiger charge is 2.12. The average molecular weight is 416 g/mol. The predicted molar refractivity (Wildman–Crippen MR) is 88.8 cm³/mol. The molecular formula is C14H12Br2N2O3. The second kappa shape index (κ2) is 6.91. The molecule has 0 amide bonds. The molecule has 0 aliphatic heterocycles. The number of ether oxygens (including phenoxy) is 1. The SMILES string of the molecule is CNc1ccc([N+](=O)[O-])cc1COc1c(Br)cccc1Br. The number of nitrogens with one attached hydrogen (secondary N) is 1. The molecule has 0 saturated carbocycles. The van der Waals surface area contributed by atoms with Gasteiger partial charge < -0.3 is 10.1 Å². The molecule has 0 radical (unpaired) electrons. The summed E-state index contributed by atoms with van der Waals surface area (Å²) >= 11 is 6.83.